The Morgan fingerprint density at radius 3 is 2.71 bits per heavy atom. The molecule has 1 aromatic rings. The molecule has 2 heterocycles. The first kappa shape index (κ1) is 17.3. The van der Waals surface area contributed by atoms with E-state index >= 15 is 0 Å². The van der Waals surface area contributed by atoms with Crippen molar-refractivity contribution in [3.05, 3.63) is 6.33 Å². The summed E-state index contributed by atoms with van der Waals surface area (Å²) < 4.78 is 24.2. The quantitative estimate of drug-likeness (QED) is 0.632. The third kappa shape index (κ3) is 4.97. The van der Waals surface area contributed by atoms with E-state index in [1.165, 1.54) is 30.1 Å². The van der Waals surface area contributed by atoms with Crippen LogP contribution >= 0.6 is 0 Å². The van der Waals surface area contributed by atoms with Gasteiger partial charge in [0.25, 0.3) is 0 Å². The number of sulfone groups is 1. The topological polar surface area (TPSA) is 110 Å². The molecule has 2 aliphatic rings. The van der Waals surface area contributed by atoms with Gasteiger partial charge in [-0.1, -0.05) is 0 Å². The van der Waals surface area contributed by atoms with E-state index in [4.69, 9.17) is 0 Å². The number of tetrazole rings is 1. The summed E-state index contributed by atoms with van der Waals surface area (Å²) in [6.07, 6.45) is 5.51. The molecule has 1 aromatic heterocycles. The number of amides is 1. The standard InChI is InChI=1S/C14H24N6O3S/c1-24(22,23)7-6-19-8-12(11-2-3-11)13(9-19)16-14(21)4-5-20-10-15-17-18-20/h10-13H,2-9H2,1H3,(H,16,21)/t12-,13+/m1/s1. The minimum absolute atomic E-state index is 0.00823. The molecule has 0 unspecified atom stereocenters. The molecule has 10 heteroatoms. The molecule has 3 rings (SSSR count). The lowest BCUT2D eigenvalue weighted by molar-refractivity contribution is -0.122. The Kier molecular flexibility index (Phi) is 5.14. The monoisotopic (exact) mass is 356 g/mol. The molecule has 2 fully saturated rings. The minimum atomic E-state index is -2.96. The Bertz CT molecular complexity index is 658. The van der Waals surface area contributed by atoms with Gasteiger partial charge in [-0.2, -0.15) is 0 Å². The fourth-order valence-electron chi connectivity index (χ4n) is 3.32. The van der Waals surface area contributed by atoms with Crippen molar-refractivity contribution in [3.63, 3.8) is 0 Å². The lowest BCUT2D eigenvalue weighted by atomic mass is 9.98. The lowest BCUT2D eigenvalue weighted by Crippen LogP contribution is -2.41. The van der Waals surface area contributed by atoms with Gasteiger partial charge < -0.3 is 5.32 Å². The molecule has 1 N–H and O–H groups in total. The first-order chi connectivity index (χ1) is 11.4. The third-order valence-corrected chi connectivity index (χ3v) is 5.68. The zero-order chi connectivity index (χ0) is 17.2. The van der Waals surface area contributed by atoms with Crippen LogP contribution < -0.4 is 5.32 Å². The van der Waals surface area contributed by atoms with Gasteiger partial charge in [0.2, 0.25) is 5.91 Å². The number of nitrogens with one attached hydrogen (secondary N) is 1. The van der Waals surface area contributed by atoms with Crippen molar-refractivity contribution >= 4 is 15.7 Å². The average molecular weight is 356 g/mol. The molecule has 134 valence electrons. The maximum absolute atomic E-state index is 12.2. The van der Waals surface area contributed by atoms with Crippen molar-refractivity contribution in [2.45, 2.75) is 31.8 Å². The summed E-state index contributed by atoms with van der Waals surface area (Å²) >= 11 is 0. The van der Waals surface area contributed by atoms with Crippen LogP contribution in [0.1, 0.15) is 19.3 Å². The van der Waals surface area contributed by atoms with Gasteiger partial charge in [0, 0.05) is 38.4 Å². The second-order valence-corrected chi connectivity index (χ2v) is 9.15. The molecule has 1 saturated heterocycles. The zero-order valence-corrected chi connectivity index (χ0v) is 14.7. The zero-order valence-electron chi connectivity index (χ0n) is 13.8. The highest BCUT2D eigenvalue weighted by Gasteiger charge is 2.42. The number of aryl methyl sites for hydroxylation is 1. The number of hydrogen-bond acceptors (Lipinski definition) is 7. The van der Waals surface area contributed by atoms with Crippen molar-refractivity contribution in [1.82, 2.24) is 30.4 Å². The van der Waals surface area contributed by atoms with E-state index < -0.39 is 9.84 Å². The second kappa shape index (κ2) is 7.14. The summed E-state index contributed by atoms with van der Waals surface area (Å²) in [6.45, 7) is 2.60. The highest BCUT2D eigenvalue weighted by Crippen LogP contribution is 2.41. The summed E-state index contributed by atoms with van der Waals surface area (Å²) in [7, 11) is -2.96. The largest absolute Gasteiger partial charge is 0.352 e. The molecule has 0 bridgehead atoms. The normalized spacial score (nSPS) is 25.0. The van der Waals surface area contributed by atoms with Crippen LogP contribution in [-0.4, -0.2) is 77.1 Å². The fraction of sp³-hybridized carbons (Fsp3) is 0.857. The number of carbonyl (C=O) groups is 1. The molecule has 1 amide bonds. The van der Waals surface area contributed by atoms with Crippen LogP contribution in [0.5, 0.6) is 0 Å². The Morgan fingerprint density at radius 2 is 2.08 bits per heavy atom. The van der Waals surface area contributed by atoms with Gasteiger partial charge >= 0.3 is 0 Å². The number of nitrogens with zero attached hydrogens (tertiary/aromatic N) is 5. The van der Waals surface area contributed by atoms with E-state index in [9.17, 15) is 13.2 Å². The van der Waals surface area contributed by atoms with Crippen LogP contribution in [0.15, 0.2) is 6.33 Å². The lowest BCUT2D eigenvalue weighted by Gasteiger charge is -2.19. The van der Waals surface area contributed by atoms with E-state index in [-0.39, 0.29) is 17.7 Å². The number of rotatable bonds is 8. The van der Waals surface area contributed by atoms with Crippen molar-refractivity contribution in [2.24, 2.45) is 11.8 Å². The van der Waals surface area contributed by atoms with Gasteiger partial charge in [-0.3, -0.25) is 9.69 Å². The fourth-order valence-corrected chi connectivity index (χ4v) is 3.91. The summed E-state index contributed by atoms with van der Waals surface area (Å²) in [5, 5.41) is 14.0. The van der Waals surface area contributed by atoms with E-state index in [0.717, 1.165) is 13.1 Å². The Morgan fingerprint density at radius 1 is 1.29 bits per heavy atom. The molecular weight excluding hydrogens is 332 g/mol. The summed E-state index contributed by atoms with van der Waals surface area (Å²) in [5.74, 6) is 1.26. The molecule has 1 saturated carbocycles. The highest BCUT2D eigenvalue weighted by atomic mass is 32.2. The van der Waals surface area contributed by atoms with E-state index in [2.05, 4.69) is 25.7 Å². The average Bonchev–Trinajstić information content (AvgIpc) is 3.07. The smallest absolute Gasteiger partial charge is 0.222 e. The van der Waals surface area contributed by atoms with Gasteiger partial charge in [0.15, 0.2) is 0 Å². The van der Waals surface area contributed by atoms with Crippen LogP contribution in [0.4, 0.5) is 0 Å². The van der Waals surface area contributed by atoms with E-state index in [0.29, 0.717) is 31.3 Å². The van der Waals surface area contributed by atoms with Crippen molar-refractivity contribution in [3.8, 4) is 0 Å². The minimum Gasteiger partial charge on any atom is -0.352 e. The molecule has 2 atom stereocenters. The van der Waals surface area contributed by atoms with Crippen LogP contribution in [0.3, 0.4) is 0 Å². The first-order valence-corrected chi connectivity index (χ1v) is 10.4. The van der Waals surface area contributed by atoms with E-state index in [1.54, 1.807) is 0 Å². The van der Waals surface area contributed by atoms with Gasteiger partial charge in [0.1, 0.15) is 16.2 Å². The molecule has 1 aliphatic carbocycles. The predicted molar refractivity (Wildman–Crippen MR) is 86.7 cm³/mol. The number of carbonyl (C=O) groups excluding carboxylic acids is 1. The van der Waals surface area contributed by atoms with Crippen LogP contribution in [0.25, 0.3) is 0 Å². The SMILES string of the molecule is CS(=O)(=O)CCN1C[C@H](NC(=O)CCn2cnnn2)[C@@H](C2CC2)C1. The number of hydrogen-bond donors (Lipinski definition) is 1. The molecule has 24 heavy (non-hydrogen) atoms. The molecule has 9 nitrogen and oxygen atoms in total. The Labute approximate surface area is 141 Å². The summed E-state index contributed by atoms with van der Waals surface area (Å²) in [4.78, 5) is 14.4. The van der Waals surface area contributed by atoms with Gasteiger partial charge in [-0.05, 0) is 35.1 Å². The number of likely N-dealkylation sites (tertiary alicyclic amines) is 1. The van der Waals surface area contributed by atoms with Gasteiger partial charge in [-0.15, -0.1) is 5.10 Å². The van der Waals surface area contributed by atoms with Gasteiger partial charge in [0.05, 0.1) is 12.3 Å². The van der Waals surface area contributed by atoms with Crippen molar-refractivity contribution < 1.29 is 13.2 Å². The van der Waals surface area contributed by atoms with Crippen LogP contribution in [0, 0.1) is 11.8 Å². The molecule has 1 aliphatic heterocycles. The Balaban J connectivity index is 1.49. The first-order valence-electron chi connectivity index (χ1n) is 8.31. The highest BCUT2D eigenvalue weighted by molar-refractivity contribution is 7.90. The summed E-state index contributed by atoms with van der Waals surface area (Å²) in [6, 6.07) is 0.110. The maximum atomic E-state index is 12.2. The third-order valence-electron chi connectivity index (χ3n) is 4.75. The molecule has 0 aromatic carbocycles. The number of aromatic nitrogens is 4. The maximum Gasteiger partial charge on any atom is 0.222 e. The van der Waals surface area contributed by atoms with Crippen molar-refractivity contribution in [2.75, 3.05) is 31.6 Å². The Hall–Kier alpha value is -1.55. The van der Waals surface area contributed by atoms with Crippen molar-refractivity contribution in [1.29, 1.82) is 0 Å². The molecule has 0 spiro atoms. The predicted octanol–water partition coefficient (Wildman–Crippen LogP) is -1.07. The van der Waals surface area contributed by atoms with Gasteiger partial charge in [-0.25, -0.2) is 13.1 Å². The molecular formula is C14H24N6O3S. The van der Waals surface area contributed by atoms with Crippen LogP contribution in [-0.2, 0) is 21.2 Å². The summed E-state index contributed by atoms with van der Waals surface area (Å²) in [5.41, 5.74) is 0. The molecule has 0 radical (unpaired) electrons. The van der Waals surface area contributed by atoms with E-state index in [1.807, 2.05) is 0 Å². The second-order valence-electron chi connectivity index (χ2n) is 6.89. The van der Waals surface area contributed by atoms with Crippen LogP contribution in [0.2, 0.25) is 0 Å².